The molecule has 0 N–H and O–H groups in total. The van der Waals surface area contributed by atoms with Crippen molar-refractivity contribution in [1.29, 1.82) is 0 Å². The van der Waals surface area contributed by atoms with E-state index in [9.17, 15) is 31.1 Å². The van der Waals surface area contributed by atoms with E-state index in [1.807, 2.05) is 0 Å². The molecule has 0 aliphatic heterocycles. The Bertz CT molecular complexity index is 278. The second-order valence-electron chi connectivity index (χ2n) is 4.44. The maximum Gasteiger partial charge on any atom is 0.413 e. The number of alkyl halides is 6. The van der Waals surface area contributed by atoms with Crippen molar-refractivity contribution in [3.05, 3.63) is 0 Å². The lowest BCUT2D eigenvalue weighted by Gasteiger charge is -2.31. The molecule has 8 heteroatoms. The fourth-order valence-corrected chi connectivity index (χ4v) is 0.924. The van der Waals surface area contributed by atoms with E-state index in [1.54, 1.807) is 13.8 Å². The molecule has 18 heavy (non-hydrogen) atoms. The minimum atomic E-state index is -5.75. The first kappa shape index (κ1) is 17.1. The molecule has 0 aromatic heterocycles. The van der Waals surface area contributed by atoms with Gasteiger partial charge in [0.15, 0.2) is 0 Å². The number of carbonyl (C=O) groups excluding carboxylic acids is 1. The number of ether oxygens (including phenoxy) is 1. The van der Waals surface area contributed by atoms with Gasteiger partial charge in [0.1, 0.15) is 0 Å². The van der Waals surface area contributed by atoms with Crippen LogP contribution in [0, 0.1) is 11.3 Å². The number of hydrogen-bond donors (Lipinski definition) is 0. The number of carbonyl (C=O) groups is 1. The molecule has 0 unspecified atom stereocenters. The Morgan fingerprint density at radius 3 is 1.72 bits per heavy atom. The lowest BCUT2D eigenvalue weighted by Crippen LogP contribution is -2.54. The van der Waals surface area contributed by atoms with Gasteiger partial charge in [0.2, 0.25) is 0 Å². The summed E-state index contributed by atoms with van der Waals surface area (Å²) in [4.78, 5) is 11.1. The predicted octanol–water partition coefficient (Wildman–Crippen LogP) is 3.71. The summed E-state index contributed by atoms with van der Waals surface area (Å²) in [5.41, 5.74) is -4.49. The highest BCUT2D eigenvalue weighted by Gasteiger charge is 2.73. The molecule has 0 aromatic carbocycles. The van der Waals surface area contributed by atoms with E-state index in [1.165, 1.54) is 0 Å². The predicted molar refractivity (Wildman–Crippen MR) is 50.6 cm³/mol. The van der Waals surface area contributed by atoms with Crippen LogP contribution in [0.5, 0.6) is 0 Å². The first-order valence-corrected chi connectivity index (χ1v) is 5.14. The zero-order valence-corrected chi connectivity index (χ0v) is 10.1. The molecule has 0 amide bonds. The van der Waals surface area contributed by atoms with Crippen molar-refractivity contribution in [2.75, 3.05) is 6.61 Å². The van der Waals surface area contributed by atoms with Crippen molar-refractivity contribution in [3.8, 4) is 0 Å². The van der Waals surface area contributed by atoms with Crippen molar-refractivity contribution in [1.82, 2.24) is 0 Å². The molecule has 0 atom stereocenters. The van der Waals surface area contributed by atoms with Crippen LogP contribution in [0.15, 0.2) is 0 Å². The monoisotopic (exact) mass is 280 g/mol. The molecule has 0 aromatic rings. The molecule has 0 fully saturated rings. The Morgan fingerprint density at radius 1 is 1.06 bits per heavy atom. The summed E-state index contributed by atoms with van der Waals surface area (Å²) in [7, 11) is 0. The molecule has 0 rings (SSSR count). The van der Waals surface area contributed by atoms with Gasteiger partial charge in [-0.1, -0.05) is 13.8 Å². The molecular weight excluding hydrogens is 266 g/mol. The third-order valence-corrected chi connectivity index (χ3v) is 2.47. The smallest absolute Gasteiger partial charge is 0.413 e. The highest BCUT2D eigenvalue weighted by Crippen LogP contribution is 2.50. The normalized spacial score (nSPS) is 13.9. The topological polar surface area (TPSA) is 26.3 Å². The minimum absolute atomic E-state index is 0.000768. The fraction of sp³-hybridized carbons (Fsp3) is 0.900. The van der Waals surface area contributed by atoms with Crippen molar-refractivity contribution in [3.63, 3.8) is 0 Å². The molecule has 0 spiro atoms. The average Bonchev–Trinajstić information content (AvgIpc) is 2.11. The molecule has 2 nitrogen and oxygen atoms in total. The van der Waals surface area contributed by atoms with E-state index in [0.29, 0.717) is 0 Å². The maximum absolute atomic E-state index is 12.4. The summed E-state index contributed by atoms with van der Waals surface area (Å²) in [5.74, 6) is -2.32. The van der Waals surface area contributed by atoms with E-state index in [2.05, 4.69) is 4.74 Å². The molecule has 0 radical (unpaired) electrons. The highest BCUT2D eigenvalue weighted by atomic mass is 19.4. The van der Waals surface area contributed by atoms with E-state index < -0.39 is 30.3 Å². The Labute approximate surface area is 100 Å². The van der Waals surface area contributed by atoms with E-state index >= 15 is 0 Å². The molecule has 108 valence electrons. The van der Waals surface area contributed by atoms with E-state index in [-0.39, 0.29) is 19.3 Å². The Balaban J connectivity index is 4.97. The van der Waals surface area contributed by atoms with Crippen molar-refractivity contribution in [2.45, 2.75) is 39.5 Å². The van der Waals surface area contributed by atoms with Crippen LogP contribution in [-0.2, 0) is 9.53 Å². The molecule has 0 aliphatic carbocycles. The molecule has 0 saturated carbocycles. The molecule has 0 heterocycles. The highest BCUT2D eigenvalue weighted by molar-refractivity contribution is 5.78. The van der Waals surface area contributed by atoms with Gasteiger partial charge >= 0.3 is 18.3 Å². The summed E-state index contributed by atoms with van der Waals surface area (Å²) in [6.45, 7) is 2.70. The van der Waals surface area contributed by atoms with E-state index in [4.69, 9.17) is 0 Å². The summed E-state index contributed by atoms with van der Waals surface area (Å²) in [5, 5.41) is 0. The van der Waals surface area contributed by atoms with Crippen LogP contribution in [0.1, 0.15) is 27.2 Å². The van der Waals surface area contributed by atoms with Crippen molar-refractivity contribution in [2.24, 2.45) is 11.3 Å². The molecular formula is C10H14F6O2. The molecule has 0 saturated heterocycles. The number of esters is 1. The van der Waals surface area contributed by atoms with Gasteiger partial charge in [0.05, 0.1) is 6.61 Å². The minimum Gasteiger partial charge on any atom is -0.465 e. The summed E-state index contributed by atoms with van der Waals surface area (Å²) in [6, 6.07) is 0. The van der Waals surface area contributed by atoms with Gasteiger partial charge in [-0.25, -0.2) is 0 Å². The van der Waals surface area contributed by atoms with E-state index in [0.717, 1.165) is 0 Å². The lowest BCUT2D eigenvalue weighted by atomic mass is 9.89. The SMILES string of the molecule is CC(C)CCOC(=O)C(C)(C(F)(F)F)C(F)(F)F. The second-order valence-corrected chi connectivity index (χ2v) is 4.44. The molecule has 0 bridgehead atoms. The van der Waals surface area contributed by atoms with Crippen LogP contribution in [0.4, 0.5) is 26.3 Å². The zero-order valence-electron chi connectivity index (χ0n) is 10.1. The van der Waals surface area contributed by atoms with Gasteiger partial charge in [0.25, 0.3) is 5.41 Å². The van der Waals surface area contributed by atoms with Gasteiger partial charge in [0, 0.05) is 0 Å². The number of rotatable bonds is 4. The third kappa shape index (κ3) is 3.52. The van der Waals surface area contributed by atoms with Gasteiger partial charge in [-0.15, -0.1) is 0 Å². The standard InChI is InChI=1S/C10H14F6O2/c1-6(2)4-5-18-7(17)8(3,9(11,12)13)10(14,15)16/h6H,4-5H2,1-3H3. The Hall–Kier alpha value is -0.950. The van der Waals surface area contributed by atoms with Crippen LogP contribution >= 0.6 is 0 Å². The number of hydrogen-bond acceptors (Lipinski definition) is 2. The molecule has 0 aliphatic rings. The van der Waals surface area contributed by atoms with Crippen LogP contribution < -0.4 is 0 Å². The van der Waals surface area contributed by atoms with Gasteiger partial charge in [-0.3, -0.25) is 4.79 Å². The summed E-state index contributed by atoms with van der Waals surface area (Å²) < 4.78 is 78.6. The van der Waals surface area contributed by atoms with Crippen molar-refractivity contribution >= 4 is 5.97 Å². The fourth-order valence-electron chi connectivity index (χ4n) is 0.924. The quantitative estimate of drug-likeness (QED) is 0.579. The zero-order chi connectivity index (χ0) is 14.8. The average molecular weight is 280 g/mol. The van der Waals surface area contributed by atoms with Crippen molar-refractivity contribution < 1.29 is 35.9 Å². The number of halogens is 6. The third-order valence-electron chi connectivity index (χ3n) is 2.47. The Morgan fingerprint density at radius 2 is 1.44 bits per heavy atom. The van der Waals surface area contributed by atoms with Crippen LogP contribution in [-0.4, -0.2) is 24.9 Å². The first-order chi connectivity index (χ1) is 7.84. The van der Waals surface area contributed by atoms with Crippen LogP contribution in [0.2, 0.25) is 0 Å². The Kier molecular flexibility index (Phi) is 5.07. The second kappa shape index (κ2) is 5.36. The maximum atomic E-state index is 12.4. The van der Waals surface area contributed by atoms with Gasteiger partial charge in [-0.05, 0) is 19.3 Å². The van der Waals surface area contributed by atoms with Crippen LogP contribution in [0.3, 0.4) is 0 Å². The summed E-state index contributed by atoms with van der Waals surface area (Å²) >= 11 is 0. The van der Waals surface area contributed by atoms with Gasteiger partial charge < -0.3 is 4.74 Å². The largest absolute Gasteiger partial charge is 0.465 e. The summed E-state index contributed by atoms with van der Waals surface area (Å²) in [6.07, 6.45) is -11.3. The van der Waals surface area contributed by atoms with Crippen LogP contribution in [0.25, 0.3) is 0 Å². The lowest BCUT2D eigenvalue weighted by molar-refractivity contribution is -0.326. The van der Waals surface area contributed by atoms with Gasteiger partial charge in [-0.2, -0.15) is 26.3 Å². The first-order valence-electron chi connectivity index (χ1n) is 5.14.